The summed E-state index contributed by atoms with van der Waals surface area (Å²) in [6.07, 6.45) is 0.823. The van der Waals surface area contributed by atoms with Crippen molar-refractivity contribution in [2.45, 2.75) is 26.1 Å². The lowest BCUT2D eigenvalue weighted by atomic mass is 10.1. The van der Waals surface area contributed by atoms with E-state index < -0.39 is 5.82 Å². The maximum atomic E-state index is 13.6. The Labute approximate surface area is 126 Å². The minimum atomic E-state index is -0.476. The van der Waals surface area contributed by atoms with Crippen LogP contribution in [-0.2, 0) is 26.1 Å². The zero-order valence-corrected chi connectivity index (χ0v) is 11.9. The third-order valence-corrected chi connectivity index (χ3v) is 3.76. The molecular weight excluding hydrogens is 287 g/mol. The standard InChI is InChI=1S/C15H17FN4O2/c16-12-5-9(1-2-10(12)8-21)6-18-15(22)14-11-7-17-4-3-13(11)19-20-14/h1-2,5,17,21H,3-4,6-8H2,(H,18,22)(H,19,20). The molecule has 1 aromatic carbocycles. The van der Waals surface area contributed by atoms with Crippen LogP contribution in [0.5, 0.6) is 0 Å². The Morgan fingerprint density at radius 2 is 2.32 bits per heavy atom. The average Bonchev–Trinajstić information content (AvgIpc) is 2.97. The van der Waals surface area contributed by atoms with Crippen molar-refractivity contribution in [3.63, 3.8) is 0 Å². The van der Waals surface area contributed by atoms with E-state index in [9.17, 15) is 9.18 Å². The number of aliphatic hydroxyl groups is 1. The van der Waals surface area contributed by atoms with Crippen molar-refractivity contribution in [1.29, 1.82) is 0 Å². The molecule has 0 fully saturated rings. The smallest absolute Gasteiger partial charge is 0.272 e. The molecule has 22 heavy (non-hydrogen) atoms. The fraction of sp³-hybridized carbons (Fsp3) is 0.333. The third-order valence-electron chi connectivity index (χ3n) is 3.76. The molecule has 1 aliphatic heterocycles. The minimum Gasteiger partial charge on any atom is -0.392 e. The van der Waals surface area contributed by atoms with Gasteiger partial charge >= 0.3 is 0 Å². The number of hydrogen-bond donors (Lipinski definition) is 4. The van der Waals surface area contributed by atoms with Crippen LogP contribution in [0.15, 0.2) is 18.2 Å². The summed E-state index contributed by atoms with van der Waals surface area (Å²) in [5.74, 6) is -0.761. The monoisotopic (exact) mass is 304 g/mol. The second-order valence-electron chi connectivity index (χ2n) is 5.22. The quantitative estimate of drug-likeness (QED) is 0.666. The van der Waals surface area contributed by atoms with E-state index in [2.05, 4.69) is 20.8 Å². The van der Waals surface area contributed by atoms with E-state index in [4.69, 9.17) is 5.11 Å². The van der Waals surface area contributed by atoms with Crippen molar-refractivity contribution in [1.82, 2.24) is 20.8 Å². The van der Waals surface area contributed by atoms with Gasteiger partial charge in [0.05, 0.1) is 6.61 Å². The van der Waals surface area contributed by atoms with Gasteiger partial charge in [-0.2, -0.15) is 5.10 Å². The highest BCUT2D eigenvalue weighted by molar-refractivity contribution is 5.94. The number of carbonyl (C=O) groups is 1. The summed E-state index contributed by atoms with van der Waals surface area (Å²) in [7, 11) is 0. The predicted octanol–water partition coefficient (Wildman–Crippen LogP) is 0.617. The van der Waals surface area contributed by atoms with Gasteiger partial charge in [-0.05, 0) is 11.6 Å². The normalized spacial score (nSPS) is 13.7. The molecule has 6 nitrogen and oxygen atoms in total. The lowest BCUT2D eigenvalue weighted by Gasteiger charge is -2.13. The molecule has 0 aliphatic carbocycles. The highest BCUT2D eigenvalue weighted by Crippen LogP contribution is 2.15. The third kappa shape index (κ3) is 2.86. The maximum absolute atomic E-state index is 13.6. The summed E-state index contributed by atoms with van der Waals surface area (Å²) in [5, 5.41) is 21.8. The first-order chi connectivity index (χ1) is 10.7. The largest absolute Gasteiger partial charge is 0.392 e. The van der Waals surface area contributed by atoms with E-state index in [0.29, 0.717) is 17.8 Å². The molecule has 3 rings (SSSR count). The Morgan fingerprint density at radius 3 is 3.09 bits per heavy atom. The molecule has 1 aliphatic rings. The van der Waals surface area contributed by atoms with Crippen LogP contribution in [0, 0.1) is 5.82 Å². The summed E-state index contributed by atoms with van der Waals surface area (Å²) in [6.45, 7) is 1.35. The molecular formula is C15H17FN4O2. The first-order valence-electron chi connectivity index (χ1n) is 7.12. The molecule has 2 aromatic rings. The number of rotatable bonds is 4. The van der Waals surface area contributed by atoms with Crippen molar-refractivity contribution in [2.24, 2.45) is 0 Å². The topological polar surface area (TPSA) is 90.0 Å². The number of nitrogens with one attached hydrogen (secondary N) is 3. The molecule has 0 radical (unpaired) electrons. The number of aromatic nitrogens is 2. The van der Waals surface area contributed by atoms with Gasteiger partial charge in [0, 0.05) is 42.9 Å². The first-order valence-corrected chi connectivity index (χ1v) is 7.12. The lowest BCUT2D eigenvalue weighted by molar-refractivity contribution is 0.0944. The van der Waals surface area contributed by atoms with Gasteiger partial charge in [-0.15, -0.1) is 0 Å². The van der Waals surface area contributed by atoms with Crippen molar-refractivity contribution in [2.75, 3.05) is 6.54 Å². The number of benzene rings is 1. The van der Waals surface area contributed by atoms with Gasteiger partial charge < -0.3 is 15.7 Å². The van der Waals surface area contributed by atoms with Crippen LogP contribution < -0.4 is 10.6 Å². The first kappa shape index (κ1) is 14.7. The Bertz CT molecular complexity index is 699. The highest BCUT2D eigenvalue weighted by Gasteiger charge is 2.21. The fourth-order valence-corrected chi connectivity index (χ4v) is 2.51. The number of nitrogens with zero attached hydrogens (tertiary/aromatic N) is 1. The number of hydrogen-bond acceptors (Lipinski definition) is 4. The van der Waals surface area contributed by atoms with E-state index in [0.717, 1.165) is 24.2 Å². The van der Waals surface area contributed by atoms with Gasteiger partial charge in [0.25, 0.3) is 5.91 Å². The van der Waals surface area contributed by atoms with E-state index >= 15 is 0 Å². The molecule has 0 saturated heterocycles. The molecule has 0 unspecified atom stereocenters. The van der Waals surface area contributed by atoms with Crippen LogP contribution >= 0.6 is 0 Å². The molecule has 1 aromatic heterocycles. The van der Waals surface area contributed by atoms with Gasteiger partial charge in [0.15, 0.2) is 5.69 Å². The van der Waals surface area contributed by atoms with E-state index in [1.54, 1.807) is 6.07 Å². The molecule has 4 N–H and O–H groups in total. The van der Waals surface area contributed by atoms with Crippen LogP contribution in [0.4, 0.5) is 4.39 Å². The number of halogens is 1. The van der Waals surface area contributed by atoms with E-state index in [1.807, 2.05) is 0 Å². The minimum absolute atomic E-state index is 0.205. The number of fused-ring (bicyclic) bond motifs is 1. The van der Waals surface area contributed by atoms with Crippen LogP contribution in [0.1, 0.15) is 32.9 Å². The summed E-state index contributed by atoms with van der Waals surface area (Å²) < 4.78 is 13.6. The van der Waals surface area contributed by atoms with Gasteiger partial charge in [-0.1, -0.05) is 12.1 Å². The van der Waals surface area contributed by atoms with Crippen LogP contribution in [-0.4, -0.2) is 27.8 Å². The molecule has 0 atom stereocenters. The maximum Gasteiger partial charge on any atom is 0.272 e. The predicted molar refractivity (Wildman–Crippen MR) is 77.5 cm³/mol. The van der Waals surface area contributed by atoms with Crippen LogP contribution in [0.3, 0.4) is 0 Å². The summed E-state index contributed by atoms with van der Waals surface area (Å²) in [4.78, 5) is 12.2. The van der Waals surface area contributed by atoms with Gasteiger partial charge in [-0.25, -0.2) is 4.39 Å². The van der Waals surface area contributed by atoms with Crippen molar-refractivity contribution >= 4 is 5.91 Å². The van der Waals surface area contributed by atoms with Crippen molar-refractivity contribution < 1.29 is 14.3 Å². The number of H-pyrrole nitrogens is 1. The van der Waals surface area contributed by atoms with Crippen LogP contribution in [0.2, 0.25) is 0 Å². The Morgan fingerprint density at radius 1 is 1.45 bits per heavy atom. The molecule has 7 heteroatoms. The van der Waals surface area contributed by atoms with Gasteiger partial charge in [0.1, 0.15) is 5.82 Å². The van der Waals surface area contributed by atoms with Gasteiger partial charge in [0.2, 0.25) is 0 Å². The molecule has 0 saturated carbocycles. The summed E-state index contributed by atoms with van der Waals surface area (Å²) in [5.41, 5.74) is 3.13. The number of aromatic amines is 1. The summed E-state index contributed by atoms with van der Waals surface area (Å²) >= 11 is 0. The Balaban J connectivity index is 1.67. The zero-order valence-electron chi connectivity index (χ0n) is 11.9. The molecule has 116 valence electrons. The SMILES string of the molecule is O=C(NCc1ccc(CO)c(F)c1)c1n[nH]c2c1CNCC2. The highest BCUT2D eigenvalue weighted by atomic mass is 19.1. The second-order valence-corrected chi connectivity index (χ2v) is 5.22. The second kappa shape index (κ2) is 6.25. The van der Waals surface area contributed by atoms with Crippen molar-refractivity contribution in [3.05, 3.63) is 52.1 Å². The lowest BCUT2D eigenvalue weighted by Crippen LogP contribution is -2.28. The number of amides is 1. The Kier molecular flexibility index (Phi) is 4.17. The molecule has 0 bridgehead atoms. The summed E-state index contributed by atoms with van der Waals surface area (Å²) in [6, 6.07) is 4.50. The molecule has 1 amide bonds. The van der Waals surface area contributed by atoms with Crippen LogP contribution in [0.25, 0.3) is 0 Å². The molecule has 2 heterocycles. The van der Waals surface area contributed by atoms with Crippen molar-refractivity contribution in [3.8, 4) is 0 Å². The Hall–Kier alpha value is -2.25. The van der Waals surface area contributed by atoms with E-state index in [1.165, 1.54) is 12.1 Å². The number of aliphatic hydroxyl groups excluding tert-OH is 1. The fourth-order valence-electron chi connectivity index (χ4n) is 2.51. The zero-order chi connectivity index (χ0) is 15.5. The van der Waals surface area contributed by atoms with E-state index in [-0.39, 0.29) is 24.6 Å². The number of carbonyl (C=O) groups excluding carboxylic acids is 1. The average molecular weight is 304 g/mol. The molecule has 0 spiro atoms. The van der Waals surface area contributed by atoms with Gasteiger partial charge in [-0.3, -0.25) is 9.89 Å².